The highest BCUT2D eigenvalue weighted by atomic mass is 16.4. The molecule has 0 aliphatic carbocycles. The summed E-state index contributed by atoms with van der Waals surface area (Å²) in [6.45, 7) is 0. The number of carbonyl (C=O) groups excluding carboxylic acids is 1. The van der Waals surface area contributed by atoms with Gasteiger partial charge in [-0.2, -0.15) is 0 Å². The topological polar surface area (TPSA) is 83.5 Å². The lowest BCUT2D eigenvalue weighted by Gasteiger charge is -2.04. The van der Waals surface area contributed by atoms with Gasteiger partial charge in [0, 0.05) is 24.5 Å². The second-order valence-corrected chi connectivity index (χ2v) is 7.30. The van der Waals surface area contributed by atoms with Crippen molar-refractivity contribution in [1.82, 2.24) is 0 Å². The van der Waals surface area contributed by atoms with Crippen molar-refractivity contribution in [2.75, 3.05) is 12.4 Å². The van der Waals surface area contributed by atoms with E-state index >= 15 is 0 Å². The highest BCUT2D eigenvalue weighted by Gasteiger charge is 2.11. The average molecular weight is 403 g/mol. The lowest BCUT2D eigenvalue weighted by Crippen LogP contribution is -2.11. The third kappa shape index (κ3) is 5.11. The number of hydrogen-bond donors (Lipinski definition) is 2. The molecular formula is C25H25NO4. The molecule has 30 heavy (non-hydrogen) atoms. The Balaban J connectivity index is 1.61. The third-order valence-electron chi connectivity index (χ3n) is 5.22. The zero-order valence-corrected chi connectivity index (χ0v) is 17.0. The zero-order chi connectivity index (χ0) is 21.5. The van der Waals surface area contributed by atoms with Gasteiger partial charge in [0.1, 0.15) is 0 Å². The molecular weight excluding hydrogens is 378 g/mol. The highest BCUT2D eigenvalue weighted by Crippen LogP contribution is 2.22. The van der Waals surface area contributed by atoms with Crippen LogP contribution in [0.25, 0.3) is 10.8 Å². The van der Waals surface area contributed by atoms with Crippen LogP contribution in [0.15, 0.2) is 65.5 Å². The Morgan fingerprint density at radius 1 is 0.933 bits per heavy atom. The maximum Gasteiger partial charge on any atom is 0.335 e. The first-order valence-corrected chi connectivity index (χ1v) is 10.1. The summed E-state index contributed by atoms with van der Waals surface area (Å²) in [6.07, 6.45) is 3.47. The van der Waals surface area contributed by atoms with Gasteiger partial charge >= 0.3 is 5.97 Å². The minimum Gasteiger partial charge on any atom is -0.478 e. The quantitative estimate of drug-likeness (QED) is 0.391. The van der Waals surface area contributed by atoms with Crippen molar-refractivity contribution >= 4 is 28.2 Å². The first-order chi connectivity index (χ1) is 14.5. The number of carboxylic acids is 1. The molecule has 0 spiro atoms. The van der Waals surface area contributed by atoms with Gasteiger partial charge in [-0.25, -0.2) is 4.79 Å². The van der Waals surface area contributed by atoms with Crippen molar-refractivity contribution in [3.8, 4) is 0 Å². The predicted molar refractivity (Wildman–Crippen MR) is 120 cm³/mol. The molecule has 0 amide bonds. The van der Waals surface area contributed by atoms with Crippen LogP contribution < -0.4 is 10.7 Å². The molecule has 3 rings (SSSR count). The number of aromatic carboxylic acids is 1. The minimum atomic E-state index is -0.929. The predicted octanol–water partition coefficient (Wildman–Crippen LogP) is 4.93. The zero-order valence-electron chi connectivity index (χ0n) is 17.0. The molecule has 0 unspecified atom stereocenters. The van der Waals surface area contributed by atoms with Gasteiger partial charge in [0.25, 0.3) is 0 Å². The molecule has 0 bridgehead atoms. The van der Waals surface area contributed by atoms with Crippen LogP contribution in [0.3, 0.4) is 0 Å². The SMILES string of the molecule is CNc1cccc2cc(C(=O)CCCCCc3cccc(C(=O)O)c3)c(=O)ccc12. The number of rotatable bonds is 9. The van der Waals surface area contributed by atoms with Crippen LogP contribution in [0.1, 0.15) is 52.0 Å². The van der Waals surface area contributed by atoms with E-state index in [2.05, 4.69) is 5.32 Å². The van der Waals surface area contributed by atoms with E-state index in [1.165, 1.54) is 6.07 Å². The Bertz CT molecular complexity index is 1140. The van der Waals surface area contributed by atoms with Crippen molar-refractivity contribution < 1.29 is 14.7 Å². The molecule has 0 saturated heterocycles. The molecule has 0 aromatic heterocycles. The number of carbonyl (C=O) groups is 2. The fourth-order valence-corrected chi connectivity index (χ4v) is 3.59. The van der Waals surface area contributed by atoms with Crippen LogP contribution >= 0.6 is 0 Å². The second-order valence-electron chi connectivity index (χ2n) is 7.30. The Hall–Kier alpha value is -3.47. The summed E-state index contributed by atoms with van der Waals surface area (Å²) in [7, 11) is 1.82. The van der Waals surface area contributed by atoms with Crippen molar-refractivity contribution in [3.63, 3.8) is 0 Å². The molecule has 5 nitrogen and oxygen atoms in total. The van der Waals surface area contributed by atoms with Crippen molar-refractivity contribution in [2.45, 2.75) is 32.1 Å². The van der Waals surface area contributed by atoms with Gasteiger partial charge in [-0.1, -0.05) is 30.7 Å². The number of anilines is 1. The average Bonchev–Trinajstić information content (AvgIpc) is 2.92. The van der Waals surface area contributed by atoms with Crippen LogP contribution in [0.5, 0.6) is 0 Å². The summed E-state index contributed by atoms with van der Waals surface area (Å²) in [5.41, 5.74) is 2.14. The second kappa shape index (κ2) is 9.83. The standard InChI is InChI=1S/C25H25NO4/c1-26-22-11-6-9-18-16-21(24(28)14-13-20(18)22)23(27)12-4-2-3-7-17-8-5-10-19(15-17)25(29)30/h5-6,8-11,13-16,26H,2-4,7,12H2,1H3,(H,29,30). The fraction of sp³-hybridized carbons (Fsp3) is 0.240. The van der Waals surface area contributed by atoms with Gasteiger partial charge in [0.05, 0.1) is 11.1 Å². The first kappa shape index (κ1) is 21.2. The third-order valence-corrected chi connectivity index (χ3v) is 5.22. The summed E-state index contributed by atoms with van der Waals surface area (Å²) >= 11 is 0. The summed E-state index contributed by atoms with van der Waals surface area (Å²) in [5.74, 6) is -1.07. The molecule has 2 N–H and O–H groups in total. The molecule has 0 saturated carbocycles. The maximum absolute atomic E-state index is 12.7. The first-order valence-electron chi connectivity index (χ1n) is 10.1. The number of nitrogens with one attached hydrogen (secondary N) is 1. The molecule has 0 heterocycles. The van der Waals surface area contributed by atoms with Crippen LogP contribution in [0.2, 0.25) is 0 Å². The van der Waals surface area contributed by atoms with Crippen molar-refractivity contribution in [3.05, 3.63) is 87.6 Å². The van der Waals surface area contributed by atoms with Crippen LogP contribution in [0.4, 0.5) is 5.69 Å². The summed E-state index contributed by atoms with van der Waals surface area (Å²) in [4.78, 5) is 36.2. The smallest absolute Gasteiger partial charge is 0.335 e. The van der Waals surface area contributed by atoms with Gasteiger partial charge in [0.15, 0.2) is 11.2 Å². The van der Waals surface area contributed by atoms with E-state index in [0.29, 0.717) is 12.8 Å². The van der Waals surface area contributed by atoms with E-state index < -0.39 is 5.97 Å². The maximum atomic E-state index is 12.7. The van der Waals surface area contributed by atoms with Gasteiger partial charge < -0.3 is 10.4 Å². The van der Waals surface area contributed by atoms with Gasteiger partial charge in [0.2, 0.25) is 0 Å². The van der Waals surface area contributed by atoms with Crippen molar-refractivity contribution in [2.24, 2.45) is 0 Å². The normalized spacial score (nSPS) is 10.7. The van der Waals surface area contributed by atoms with E-state index in [1.807, 2.05) is 31.3 Å². The number of ketones is 1. The minimum absolute atomic E-state index is 0.139. The number of aryl methyl sites for hydroxylation is 1. The Labute approximate surface area is 175 Å². The van der Waals surface area contributed by atoms with E-state index in [0.717, 1.165) is 41.3 Å². The lowest BCUT2D eigenvalue weighted by atomic mass is 10.0. The van der Waals surface area contributed by atoms with E-state index in [1.54, 1.807) is 30.3 Å². The number of benzene rings is 2. The largest absolute Gasteiger partial charge is 0.478 e. The number of Topliss-reactive ketones (excluding diaryl/α,β-unsaturated/α-hetero) is 1. The van der Waals surface area contributed by atoms with Gasteiger partial charge in [-0.05, 0) is 66.6 Å². The van der Waals surface area contributed by atoms with E-state index in [-0.39, 0.29) is 22.3 Å². The Kier molecular flexibility index (Phi) is 6.96. The molecule has 3 aromatic carbocycles. The molecule has 5 heteroatoms. The summed E-state index contributed by atoms with van der Waals surface area (Å²) in [5, 5.41) is 13.9. The van der Waals surface area contributed by atoms with E-state index in [9.17, 15) is 14.4 Å². The Morgan fingerprint density at radius 2 is 1.73 bits per heavy atom. The molecule has 0 radical (unpaired) electrons. The number of fused-ring (bicyclic) bond motifs is 1. The fourth-order valence-electron chi connectivity index (χ4n) is 3.59. The van der Waals surface area contributed by atoms with Crippen LogP contribution in [0, 0.1) is 0 Å². The molecule has 0 aliphatic rings. The van der Waals surface area contributed by atoms with Crippen LogP contribution in [-0.2, 0) is 6.42 Å². The molecule has 154 valence electrons. The molecule has 0 atom stereocenters. The van der Waals surface area contributed by atoms with Gasteiger partial charge in [-0.3, -0.25) is 9.59 Å². The number of unbranched alkanes of at least 4 members (excludes halogenated alkanes) is 2. The highest BCUT2D eigenvalue weighted by molar-refractivity contribution is 6.01. The van der Waals surface area contributed by atoms with Crippen LogP contribution in [-0.4, -0.2) is 23.9 Å². The van der Waals surface area contributed by atoms with E-state index in [4.69, 9.17) is 5.11 Å². The number of hydrogen-bond acceptors (Lipinski definition) is 4. The van der Waals surface area contributed by atoms with Gasteiger partial charge in [-0.15, -0.1) is 0 Å². The molecule has 3 aromatic rings. The molecule has 0 fully saturated rings. The summed E-state index contributed by atoms with van der Waals surface area (Å²) in [6, 6.07) is 17.6. The Morgan fingerprint density at radius 3 is 2.50 bits per heavy atom. The number of carboxylic acid groups (broad SMARTS) is 1. The monoisotopic (exact) mass is 403 g/mol. The lowest BCUT2D eigenvalue weighted by molar-refractivity contribution is 0.0696. The molecule has 0 aliphatic heterocycles. The van der Waals surface area contributed by atoms with Crippen molar-refractivity contribution in [1.29, 1.82) is 0 Å². The summed E-state index contributed by atoms with van der Waals surface area (Å²) < 4.78 is 0.